The van der Waals surface area contributed by atoms with Crippen LogP contribution >= 0.6 is 27.3 Å². The summed E-state index contributed by atoms with van der Waals surface area (Å²) in [5.41, 5.74) is 0.707. The summed E-state index contributed by atoms with van der Waals surface area (Å²) in [6.45, 7) is 0. The largest absolute Gasteiger partial charge is 0.418 e. The smallest absolute Gasteiger partial charge is 0.240 e. The van der Waals surface area contributed by atoms with Crippen LogP contribution in [0.2, 0.25) is 0 Å². The normalized spacial score (nSPS) is 11.4. The van der Waals surface area contributed by atoms with Gasteiger partial charge in [-0.25, -0.2) is 8.42 Å². The number of halogens is 1. The maximum absolute atomic E-state index is 13.2. The Morgan fingerprint density at radius 2 is 1.70 bits per heavy atom. The SMILES string of the molecule is O=S(=O)(c1ccc(Br)cc1)c1nc(-c2cccs2)oc1Nc1ccccc1. The van der Waals surface area contributed by atoms with Crippen LogP contribution in [0.4, 0.5) is 11.6 Å². The second kappa shape index (κ2) is 7.30. The summed E-state index contributed by atoms with van der Waals surface area (Å²) in [6, 6.07) is 19.3. The molecular formula is C19H13BrN2O3S2. The molecule has 2 aromatic heterocycles. The van der Waals surface area contributed by atoms with Crippen LogP contribution in [0, 0.1) is 0 Å². The van der Waals surface area contributed by atoms with Gasteiger partial charge in [0.1, 0.15) is 0 Å². The molecule has 136 valence electrons. The summed E-state index contributed by atoms with van der Waals surface area (Å²) in [5, 5.41) is 4.77. The predicted molar refractivity (Wildman–Crippen MR) is 109 cm³/mol. The van der Waals surface area contributed by atoms with Crippen molar-refractivity contribution in [1.29, 1.82) is 0 Å². The second-order valence-corrected chi connectivity index (χ2v) is 9.31. The third kappa shape index (κ3) is 3.69. The highest BCUT2D eigenvalue weighted by Crippen LogP contribution is 2.35. The second-order valence-electron chi connectivity index (χ2n) is 5.58. The fourth-order valence-corrected chi connectivity index (χ4v) is 4.62. The Kier molecular flexibility index (Phi) is 4.86. The molecule has 0 unspecified atom stereocenters. The van der Waals surface area contributed by atoms with E-state index >= 15 is 0 Å². The first kappa shape index (κ1) is 18.0. The maximum atomic E-state index is 13.2. The summed E-state index contributed by atoms with van der Waals surface area (Å²) in [7, 11) is -3.86. The lowest BCUT2D eigenvalue weighted by molar-refractivity contribution is 0.582. The molecular weight excluding hydrogens is 448 g/mol. The van der Waals surface area contributed by atoms with Crippen LogP contribution in [0.5, 0.6) is 0 Å². The van der Waals surface area contributed by atoms with E-state index in [1.165, 1.54) is 23.5 Å². The molecule has 8 heteroatoms. The number of oxazole rings is 1. The zero-order valence-corrected chi connectivity index (χ0v) is 17.0. The summed E-state index contributed by atoms with van der Waals surface area (Å²) in [6.07, 6.45) is 0. The quantitative estimate of drug-likeness (QED) is 0.410. The number of anilines is 2. The number of benzene rings is 2. The molecule has 5 nitrogen and oxygen atoms in total. The van der Waals surface area contributed by atoms with Gasteiger partial charge in [-0.15, -0.1) is 11.3 Å². The van der Waals surface area contributed by atoms with Crippen LogP contribution < -0.4 is 5.32 Å². The maximum Gasteiger partial charge on any atom is 0.240 e. The number of nitrogens with one attached hydrogen (secondary N) is 1. The number of sulfone groups is 1. The predicted octanol–water partition coefficient (Wildman–Crippen LogP) is 5.74. The van der Waals surface area contributed by atoms with Gasteiger partial charge in [0.15, 0.2) is 0 Å². The van der Waals surface area contributed by atoms with E-state index in [0.29, 0.717) is 5.69 Å². The summed E-state index contributed by atoms with van der Waals surface area (Å²) < 4.78 is 32.9. The van der Waals surface area contributed by atoms with Gasteiger partial charge in [-0.2, -0.15) is 4.98 Å². The van der Waals surface area contributed by atoms with Crippen molar-refractivity contribution in [3.8, 4) is 10.8 Å². The van der Waals surface area contributed by atoms with Gasteiger partial charge < -0.3 is 9.73 Å². The number of aromatic nitrogens is 1. The number of nitrogens with zero attached hydrogens (tertiary/aromatic N) is 1. The van der Waals surface area contributed by atoms with Crippen molar-refractivity contribution >= 4 is 48.7 Å². The van der Waals surface area contributed by atoms with Gasteiger partial charge in [0.2, 0.25) is 26.6 Å². The van der Waals surface area contributed by atoms with Gasteiger partial charge in [-0.3, -0.25) is 0 Å². The van der Waals surface area contributed by atoms with Crippen molar-refractivity contribution in [3.63, 3.8) is 0 Å². The van der Waals surface area contributed by atoms with Crippen LogP contribution in [0.15, 0.2) is 90.9 Å². The molecule has 4 rings (SSSR count). The minimum absolute atomic E-state index is 0.0903. The summed E-state index contributed by atoms with van der Waals surface area (Å²) in [5.74, 6) is 0.353. The van der Waals surface area contributed by atoms with Gasteiger partial charge in [0.05, 0.1) is 9.77 Å². The Morgan fingerprint density at radius 3 is 2.37 bits per heavy atom. The summed E-state index contributed by atoms with van der Waals surface area (Å²) in [4.78, 5) is 5.20. The number of para-hydroxylation sites is 1. The Bertz CT molecular complexity index is 1150. The lowest BCUT2D eigenvalue weighted by Crippen LogP contribution is -2.05. The van der Waals surface area contributed by atoms with Crippen molar-refractivity contribution in [3.05, 3.63) is 76.6 Å². The molecule has 0 saturated heterocycles. The van der Waals surface area contributed by atoms with Crippen molar-refractivity contribution in [2.45, 2.75) is 9.92 Å². The van der Waals surface area contributed by atoms with Crippen molar-refractivity contribution < 1.29 is 12.8 Å². The minimum Gasteiger partial charge on any atom is -0.418 e. The van der Waals surface area contributed by atoms with Gasteiger partial charge >= 0.3 is 0 Å². The van der Waals surface area contributed by atoms with E-state index in [-0.39, 0.29) is 21.7 Å². The third-order valence-electron chi connectivity index (χ3n) is 3.74. The first-order chi connectivity index (χ1) is 13.0. The molecule has 0 aliphatic carbocycles. The first-order valence-electron chi connectivity index (χ1n) is 7.91. The van der Waals surface area contributed by atoms with E-state index < -0.39 is 9.84 Å². The molecule has 1 N–H and O–H groups in total. The Hall–Kier alpha value is -2.42. The highest BCUT2D eigenvalue weighted by molar-refractivity contribution is 9.10. The van der Waals surface area contributed by atoms with Gasteiger partial charge in [0.25, 0.3) is 0 Å². The molecule has 0 bridgehead atoms. The molecule has 0 spiro atoms. The lowest BCUT2D eigenvalue weighted by atomic mass is 10.3. The molecule has 27 heavy (non-hydrogen) atoms. The number of thiophene rings is 1. The summed E-state index contributed by atoms with van der Waals surface area (Å²) >= 11 is 4.75. The molecule has 0 radical (unpaired) electrons. The van der Waals surface area contributed by atoms with Gasteiger partial charge in [0, 0.05) is 10.2 Å². The molecule has 0 aliphatic rings. The third-order valence-corrected chi connectivity index (χ3v) is 6.80. The molecule has 0 fully saturated rings. The molecule has 2 aromatic carbocycles. The Balaban J connectivity index is 1.83. The van der Waals surface area contributed by atoms with Crippen LogP contribution in [-0.2, 0) is 9.84 Å². The average molecular weight is 461 g/mol. The molecule has 0 atom stereocenters. The first-order valence-corrected chi connectivity index (χ1v) is 11.1. The molecule has 2 heterocycles. The topological polar surface area (TPSA) is 72.2 Å². The zero-order valence-electron chi connectivity index (χ0n) is 13.8. The number of hydrogen-bond acceptors (Lipinski definition) is 6. The molecule has 4 aromatic rings. The molecule has 0 saturated carbocycles. The van der Waals surface area contributed by atoms with Crippen LogP contribution in [0.1, 0.15) is 0 Å². The van der Waals surface area contributed by atoms with Gasteiger partial charge in [-0.05, 0) is 47.8 Å². The van der Waals surface area contributed by atoms with E-state index in [1.807, 2.05) is 47.8 Å². The van der Waals surface area contributed by atoms with Crippen LogP contribution in [-0.4, -0.2) is 13.4 Å². The molecule has 0 aliphatic heterocycles. The van der Waals surface area contributed by atoms with E-state index in [2.05, 4.69) is 26.2 Å². The fourth-order valence-electron chi connectivity index (χ4n) is 2.45. The Labute approximate surface area is 168 Å². The minimum atomic E-state index is -3.86. The van der Waals surface area contributed by atoms with E-state index in [0.717, 1.165) is 9.35 Å². The zero-order chi connectivity index (χ0) is 18.9. The van der Waals surface area contributed by atoms with Crippen LogP contribution in [0.25, 0.3) is 10.8 Å². The van der Waals surface area contributed by atoms with Gasteiger partial charge in [-0.1, -0.05) is 40.2 Å². The monoisotopic (exact) mass is 460 g/mol. The molecule has 0 amide bonds. The lowest BCUT2D eigenvalue weighted by Gasteiger charge is -2.06. The highest BCUT2D eigenvalue weighted by Gasteiger charge is 2.29. The number of hydrogen-bond donors (Lipinski definition) is 1. The standard InChI is InChI=1S/C19H13BrN2O3S2/c20-13-8-10-15(11-9-13)27(23,24)19-18(21-14-5-2-1-3-6-14)25-17(22-19)16-7-4-12-26-16/h1-12,21H. The van der Waals surface area contributed by atoms with Crippen molar-refractivity contribution in [2.24, 2.45) is 0 Å². The number of rotatable bonds is 5. The Morgan fingerprint density at radius 1 is 0.963 bits per heavy atom. The van der Waals surface area contributed by atoms with E-state index in [9.17, 15) is 8.42 Å². The van der Waals surface area contributed by atoms with Crippen LogP contribution in [0.3, 0.4) is 0 Å². The average Bonchev–Trinajstić information content (AvgIpc) is 3.33. The van der Waals surface area contributed by atoms with Crippen molar-refractivity contribution in [2.75, 3.05) is 5.32 Å². The van der Waals surface area contributed by atoms with E-state index in [1.54, 1.807) is 12.1 Å². The highest BCUT2D eigenvalue weighted by atomic mass is 79.9. The van der Waals surface area contributed by atoms with Crippen molar-refractivity contribution in [1.82, 2.24) is 4.98 Å². The fraction of sp³-hybridized carbons (Fsp3) is 0. The van der Waals surface area contributed by atoms with E-state index in [4.69, 9.17) is 4.42 Å².